The Labute approximate surface area is 161 Å². The van der Waals surface area contributed by atoms with Crippen LogP contribution in [0.1, 0.15) is 0 Å². The molecule has 4 aromatic rings. The van der Waals surface area contributed by atoms with Crippen LogP contribution in [0.2, 0.25) is 0 Å². The zero-order valence-electron chi connectivity index (χ0n) is 15.8. The number of rotatable bonds is 5. The van der Waals surface area contributed by atoms with Crippen LogP contribution < -0.4 is 10.2 Å². The summed E-state index contributed by atoms with van der Waals surface area (Å²) in [5, 5.41) is 7.32. The number of carbonyl (C=O) groups excluding carboxylic acids is 1. The van der Waals surface area contributed by atoms with Gasteiger partial charge in [-0.25, -0.2) is 4.98 Å². The van der Waals surface area contributed by atoms with Crippen molar-refractivity contribution in [1.29, 1.82) is 0 Å². The van der Waals surface area contributed by atoms with Gasteiger partial charge >= 0.3 is 0 Å². The Morgan fingerprint density at radius 2 is 1.86 bits per heavy atom. The molecular formula is C20H19N7O. The molecule has 0 saturated heterocycles. The van der Waals surface area contributed by atoms with Crippen LogP contribution in [0, 0.1) is 0 Å². The van der Waals surface area contributed by atoms with E-state index in [4.69, 9.17) is 4.98 Å². The molecule has 8 heteroatoms. The molecule has 0 aliphatic heterocycles. The maximum absolute atomic E-state index is 11.2. The number of nitrogens with one attached hydrogen (secondary N) is 1. The van der Waals surface area contributed by atoms with Crippen molar-refractivity contribution in [2.75, 3.05) is 24.3 Å². The minimum Gasteiger partial charge on any atom is -0.385 e. The van der Waals surface area contributed by atoms with Gasteiger partial charge in [0.05, 0.1) is 40.7 Å². The predicted molar refractivity (Wildman–Crippen MR) is 109 cm³/mol. The highest BCUT2D eigenvalue weighted by Crippen LogP contribution is 2.32. The number of aryl methyl sites for hydroxylation is 1. The average molecular weight is 373 g/mol. The van der Waals surface area contributed by atoms with Gasteiger partial charge in [0.25, 0.3) is 0 Å². The Balaban J connectivity index is 1.77. The lowest BCUT2D eigenvalue weighted by Gasteiger charge is -2.17. The number of pyridine rings is 3. The van der Waals surface area contributed by atoms with E-state index in [0.29, 0.717) is 11.2 Å². The highest BCUT2D eigenvalue weighted by Gasteiger charge is 2.13. The van der Waals surface area contributed by atoms with Gasteiger partial charge in [0.2, 0.25) is 6.41 Å². The molecule has 0 radical (unpaired) electrons. The summed E-state index contributed by atoms with van der Waals surface area (Å²) >= 11 is 0. The summed E-state index contributed by atoms with van der Waals surface area (Å²) in [5.74, 6) is 0. The molecule has 0 saturated carbocycles. The Hall–Kier alpha value is -3.81. The molecule has 0 aromatic carbocycles. The third kappa shape index (κ3) is 3.05. The molecule has 0 bridgehead atoms. The highest BCUT2D eigenvalue weighted by molar-refractivity contribution is 5.98. The molecular weight excluding hydrogens is 354 g/mol. The first-order valence-corrected chi connectivity index (χ1v) is 8.72. The zero-order chi connectivity index (χ0) is 19.7. The molecule has 4 heterocycles. The van der Waals surface area contributed by atoms with Crippen LogP contribution in [0.5, 0.6) is 0 Å². The Kier molecular flexibility index (Phi) is 4.44. The van der Waals surface area contributed by atoms with Crippen molar-refractivity contribution in [3.8, 4) is 22.5 Å². The van der Waals surface area contributed by atoms with Gasteiger partial charge in [0, 0.05) is 44.7 Å². The van der Waals surface area contributed by atoms with E-state index in [0.717, 1.165) is 40.1 Å². The first kappa shape index (κ1) is 17.6. The molecule has 8 nitrogen and oxygen atoms in total. The Morgan fingerprint density at radius 1 is 1.04 bits per heavy atom. The molecule has 1 N–H and O–H groups in total. The summed E-state index contributed by atoms with van der Waals surface area (Å²) in [7, 11) is 5.36. The van der Waals surface area contributed by atoms with Crippen LogP contribution in [0.4, 0.5) is 11.4 Å². The van der Waals surface area contributed by atoms with E-state index in [2.05, 4.69) is 20.4 Å². The van der Waals surface area contributed by atoms with Gasteiger partial charge in [0.15, 0.2) is 0 Å². The second kappa shape index (κ2) is 7.07. The molecule has 4 rings (SSSR count). The molecule has 0 unspecified atom stereocenters. The van der Waals surface area contributed by atoms with Gasteiger partial charge in [0.1, 0.15) is 5.52 Å². The first-order valence-electron chi connectivity index (χ1n) is 8.72. The lowest BCUT2D eigenvalue weighted by Crippen LogP contribution is -2.16. The number of aromatic nitrogens is 5. The fourth-order valence-corrected chi connectivity index (χ4v) is 3.06. The third-order valence-corrected chi connectivity index (χ3v) is 4.54. The molecule has 0 atom stereocenters. The van der Waals surface area contributed by atoms with E-state index < -0.39 is 0 Å². The van der Waals surface area contributed by atoms with Crippen LogP contribution >= 0.6 is 0 Å². The van der Waals surface area contributed by atoms with E-state index in [-0.39, 0.29) is 0 Å². The lowest BCUT2D eigenvalue weighted by molar-refractivity contribution is -0.107. The zero-order valence-corrected chi connectivity index (χ0v) is 15.8. The molecule has 1 amide bonds. The topological polar surface area (TPSA) is 88.8 Å². The van der Waals surface area contributed by atoms with E-state index >= 15 is 0 Å². The largest absolute Gasteiger partial charge is 0.385 e. The van der Waals surface area contributed by atoms with Gasteiger partial charge in [-0.2, -0.15) is 5.10 Å². The van der Waals surface area contributed by atoms with Crippen molar-refractivity contribution >= 4 is 28.8 Å². The van der Waals surface area contributed by atoms with Gasteiger partial charge < -0.3 is 10.2 Å². The van der Waals surface area contributed by atoms with Gasteiger partial charge in [-0.1, -0.05) is 0 Å². The average Bonchev–Trinajstić information content (AvgIpc) is 3.18. The number of carbonyl (C=O) groups is 1. The standard InChI is InChI=1S/C20H19N7O/c1-21-20-18(26(2)12-28)10-23-17-7-6-16(25-19(17)20)13-4-5-15(22-8-13)14-9-24-27(3)11-14/h4-12H,1-3H3,(H,21,23). The summed E-state index contributed by atoms with van der Waals surface area (Å²) in [4.78, 5) is 26.4. The number of amides is 1. The van der Waals surface area contributed by atoms with Crippen molar-refractivity contribution in [2.45, 2.75) is 0 Å². The van der Waals surface area contributed by atoms with E-state index in [1.54, 1.807) is 37.4 Å². The van der Waals surface area contributed by atoms with Crippen molar-refractivity contribution in [3.05, 3.63) is 49.1 Å². The lowest BCUT2D eigenvalue weighted by atomic mass is 10.1. The molecule has 0 aliphatic rings. The molecule has 140 valence electrons. The number of hydrogen-bond acceptors (Lipinski definition) is 6. The quantitative estimate of drug-likeness (QED) is 0.541. The predicted octanol–water partition coefficient (Wildman–Crippen LogP) is 2.73. The fourth-order valence-electron chi connectivity index (χ4n) is 3.06. The van der Waals surface area contributed by atoms with Gasteiger partial charge in [-0.3, -0.25) is 19.4 Å². The molecule has 0 spiro atoms. The molecule has 4 aromatic heterocycles. The van der Waals surface area contributed by atoms with E-state index in [1.807, 2.05) is 37.5 Å². The van der Waals surface area contributed by atoms with Crippen molar-refractivity contribution in [3.63, 3.8) is 0 Å². The summed E-state index contributed by atoms with van der Waals surface area (Å²) in [5.41, 5.74) is 6.35. The minimum atomic E-state index is 0.666. The summed E-state index contributed by atoms with van der Waals surface area (Å²) in [6.07, 6.45) is 7.91. The van der Waals surface area contributed by atoms with Crippen LogP contribution in [-0.4, -0.2) is 45.2 Å². The van der Waals surface area contributed by atoms with Gasteiger partial charge in [-0.05, 0) is 24.3 Å². The molecule has 0 fully saturated rings. The maximum atomic E-state index is 11.2. The fraction of sp³-hybridized carbons (Fsp3) is 0.150. The van der Waals surface area contributed by atoms with Crippen molar-refractivity contribution in [2.24, 2.45) is 7.05 Å². The molecule has 28 heavy (non-hydrogen) atoms. The third-order valence-electron chi connectivity index (χ3n) is 4.54. The normalized spacial score (nSPS) is 10.8. The molecule has 0 aliphatic carbocycles. The van der Waals surface area contributed by atoms with Crippen molar-refractivity contribution < 1.29 is 4.79 Å². The summed E-state index contributed by atoms with van der Waals surface area (Å²) < 4.78 is 1.75. The minimum absolute atomic E-state index is 0.666. The first-order chi connectivity index (χ1) is 13.6. The number of nitrogens with zero attached hydrogens (tertiary/aromatic N) is 6. The number of fused-ring (bicyclic) bond motifs is 1. The van der Waals surface area contributed by atoms with E-state index in [9.17, 15) is 4.79 Å². The van der Waals surface area contributed by atoms with Crippen LogP contribution in [0.3, 0.4) is 0 Å². The summed E-state index contributed by atoms with van der Waals surface area (Å²) in [6.45, 7) is 0. The monoisotopic (exact) mass is 373 g/mol. The number of anilines is 2. The second-order valence-corrected chi connectivity index (χ2v) is 6.38. The number of hydrogen-bond donors (Lipinski definition) is 1. The van der Waals surface area contributed by atoms with Crippen LogP contribution in [0.15, 0.2) is 49.1 Å². The Morgan fingerprint density at radius 3 is 2.50 bits per heavy atom. The van der Waals surface area contributed by atoms with E-state index in [1.165, 1.54) is 4.90 Å². The van der Waals surface area contributed by atoms with Crippen LogP contribution in [0.25, 0.3) is 33.5 Å². The SMILES string of the molecule is CNc1c(N(C)C=O)cnc2ccc(-c3ccc(-c4cnn(C)c4)nc3)nc12. The van der Waals surface area contributed by atoms with Crippen LogP contribution in [-0.2, 0) is 11.8 Å². The van der Waals surface area contributed by atoms with Gasteiger partial charge in [-0.15, -0.1) is 0 Å². The maximum Gasteiger partial charge on any atom is 0.213 e. The highest BCUT2D eigenvalue weighted by atomic mass is 16.1. The smallest absolute Gasteiger partial charge is 0.213 e. The Bertz CT molecular complexity index is 1150. The summed E-state index contributed by atoms with van der Waals surface area (Å²) in [6, 6.07) is 7.76. The van der Waals surface area contributed by atoms with Crippen molar-refractivity contribution in [1.82, 2.24) is 24.7 Å². The second-order valence-electron chi connectivity index (χ2n) is 6.38.